The summed E-state index contributed by atoms with van der Waals surface area (Å²) >= 11 is 0. The molecule has 1 aromatic heterocycles. The first-order chi connectivity index (χ1) is 12.0. The van der Waals surface area contributed by atoms with E-state index in [1.165, 1.54) is 6.33 Å². The highest BCUT2D eigenvalue weighted by Gasteiger charge is 2.26. The Balaban J connectivity index is 1.67. The van der Waals surface area contributed by atoms with Crippen molar-refractivity contribution >= 4 is 20.9 Å². The zero-order chi connectivity index (χ0) is 17.9. The maximum atomic E-state index is 11.7. The molecule has 0 aliphatic heterocycles. The first kappa shape index (κ1) is 17.9. The Morgan fingerprint density at radius 1 is 1.20 bits per heavy atom. The number of sulfonamides is 1. The standard InChI is InChI=1S/C17H23N3O4S/c1-3-25(21,22)20-13-4-6-14(7-5-13)24-17-8-12-10-18-11-19-15(12)9-16(17)23-2/h8-11,13-14,20H,3-7H2,1-2H3. The number of rotatable bonds is 6. The van der Waals surface area contributed by atoms with Gasteiger partial charge in [-0.1, -0.05) is 0 Å². The predicted molar refractivity (Wildman–Crippen MR) is 95.4 cm³/mol. The van der Waals surface area contributed by atoms with Crippen LogP contribution in [0.25, 0.3) is 10.9 Å². The quantitative estimate of drug-likeness (QED) is 0.844. The van der Waals surface area contributed by atoms with E-state index in [1.807, 2.05) is 12.1 Å². The second-order valence-electron chi connectivity index (χ2n) is 6.20. The molecule has 0 radical (unpaired) electrons. The number of nitrogens with one attached hydrogen (secondary N) is 1. The van der Waals surface area contributed by atoms with E-state index in [4.69, 9.17) is 9.47 Å². The van der Waals surface area contributed by atoms with Gasteiger partial charge in [-0.15, -0.1) is 0 Å². The number of hydrogen-bond acceptors (Lipinski definition) is 6. The summed E-state index contributed by atoms with van der Waals surface area (Å²) in [5.41, 5.74) is 0.803. The average Bonchev–Trinajstić information content (AvgIpc) is 2.62. The van der Waals surface area contributed by atoms with Crippen LogP contribution in [0.1, 0.15) is 32.6 Å². The van der Waals surface area contributed by atoms with Gasteiger partial charge in [-0.2, -0.15) is 0 Å². The van der Waals surface area contributed by atoms with Crippen LogP contribution >= 0.6 is 0 Å². The molecule has 1 saturated carbocycles. The predicted octanol–water partition coefficient (Wildman–Crippen LogP) is 2.27. The number of fused-ring (bicyclic) bond motifs is 1. The second kappa shape index (κ2) is 7.53. The molecule has 136 valence electrons. The zero-order valence-electron chi connectivity index (χ0n) is 14.4. The van der Waals surface area contributed by atoms with Crippen LogP contribution in [-0.4, -0.2) is 43.4 Å². The molecule has 3 rings (SSSR count). The lowest BCUT2D eigenvalue weighted by atomic mass is 9.93. The first-order valence-electron chi connectivity index (χ1n) is 8.45. The van der Waals surface area contributed by atoms with E-state index in [0.29, 0.717) is 11.5 Å². The van der Waals surface area contributed by atoms with Gasteiger partial charge >= 0.3 is 0 Å². The summed E-state index contributed by atoms with van der Waals surface area (Å²) < 4.78 is 37.7. The van der Waals surface area contributed by atoms with Gasteiger partial charge in [0.25, 0.3) is 0 Å². The SMILES string of the molecule is CCS(=O)(=O)NC1CCC(Oc2cc3cncnc3cc2OC)CC1. The molecule has 0 bridgehead atoms. The molecule has 7 nitrogen and oxygen atoms in total. The summed E-state index contributed by atoms with van der Waals surface area (Å²) in [6, 6.07) is 3.73. The van der Waals surface area contributed by atoms with E-state index in [0.717, 1.165) is 36.6 Å². The normalized spacial score (nSPS) is 21.2. The molecule has 25 heavy (non-hydrogen) atoms. The first-order valence-corrected chi connectivity index (χ1v) is 10.1. The highest BCUT2D eigenvalue weighted by molar-refractivity contribution is 7.89. The smallest absolute Gasteiger partial charge is 0.211 e. The number of nitrogens with zero attached hydrogens (tertiary/aromatic N) is 2. The Morgan fingerprint density at radius 3 is 2.64 bits per heavy atom. The van der Waals surface area contributed by atoms with Crippen molar-refractivity contribution in [1.29, 1.82) is 0 Å². The molecule has 0 atom stereocenters. The van der Waals surface area contributed by atoms with Crippen molar-refractivity contribution in [1.82, 2.24) is 14.7 Å². The van der Waals surface area contributed by atoms with Crippen LogP contribution in [0.2, 0.25) is 0 Å². The summed E-state index contributed by atoms with van der Waals surface area (Å²) in [6.45, 7) is 1.65. The van der Waals surface area contributed by atoms with Gasteiger partial charge in [0.1, 0.15) is 6.33 Å². The maximum absolute atomic E-state index is 11.7. The van der Waals surface area contributed by atoms with Gasteiger partial charge in [0.2, 0.25) is 10.0 Å². The van der Waals surface area contributed by atoms with Crippen LogP contribution in [0, 0.1) is 0 Å². The van der Waals surface area contributed by atoms with E-state index < -0.39 is 10.0 Å². The molecular weight excluding hydrogens is 342 g/mol. The van der Waals surface area contributed by atoms with Crippen LogP contribution in [-0.2, 0) is 10.0 Å². The third-order valence-corrected chi connectivity index (χ3v) is 5.94. The van der Waals surface area contributed by atoms with E-state index in [-0.39, 0.29) is 17.9 Å². The number of benzene rings is 1. The fourth-order valence-electron chi connectivity index (χ4n) is 3.06. The van der Waals surface area contributed by atoms with Crippen LogP contribution in [0.15, 0.2) is 24.7 Å². The van der Waals surface area contributed by atoms with Crippen molar-refractivity contribution in [2.75, 3.05) is 12.9 Å². The fourth-order valence-corrected chi connectivity index (χ4v) is 3.97. The molecule has 1 aliphatic carbocycles. The number of hydrogen-bond donors (Lipinski definition) is 1. The summed E-state index contributed by atoms with van der Waals surface area (Å²) in [5, 5.41) is 0.891. The minimum absolute atomic E-state index is 0.00306. The summed E-state index contributed by atoms with van der Waals surface area (Å²) in [5.74, 6) is 1.42. The third-order valence-electron chi connectivity index (χ3n) is 4.48. The minimum atomic E-state index is -3.16. The Morgan fingerprint density at radius 2 is 1.96 bits per heavy atom. The van der Waals surface area contributed by atoms with Crippen molar-refractivity contribution in [3.8, 4) is 11.5 Å². The minimum Gasteiger partial charge on any atom is -0.493 e. The fraction of sp³-hybridized carbons (Fsp3) is 0.529. The Hall–Kier alpha value is -1.93. The lowest BCUT2D eigenvalue weighted by Crippen LogP contribution is -2.40. The molecule has 1 heterocycles. The molecule has 1 fully saturated rings. The molecule has 0 saturated heterocycles. The molecule has 1 aromatic carbocycles. The van der Waals surface area contributed by atoms with Crippen LogP contribution in [0.5, 0.6) is 11.5 Å². The second-order valence-corrected chi connectivity index (χ2v) is 8.24. The van der Waals surface area contributed by atoms with Crippen molar-refractivity contribution in [3.63, 3.8) is 0 Å². The zero-order valence-corrected chi connectivity index (χ0v) is 15.3. The van der Waals surface area contributed by atoms with Gasteiger partial charge in [-0.25, -0.2) is 23.1 Å². The average molecular weight is 365 g/mol. The van der Waals surface area contributed by atoms with E-state index in [2.05, 4.69) is 14.7 Å². The van der Waals surface area contributed by atoms with Gasteiger partial charge in [-0.05, 0) is 38.7 Å². The monoisotopic (exact) mass is 365 g/mol. The van der Waals surface area contributed by atoms with Crippen molar-refractivity contribution in [2.45, 2.75) is 44.8 Å². The van der Waals surface area contributed by atoms with Gasteiger partial charge in [0, 0.05) is 23.7 Å². The third kappa shape index (κ3) is 4.38. The highest BCUT2D eigenvalue weighted by atomic mass is 32.2. The largest absolute Gasteiger partial charge is 0.493 e. The molecule has 0 amide bonds. The van der Waals surface area contributed by atoms with Gasteiger partial charge in [0.15, 0.2) is 11.5 Å². The van der Waals surface area contributed by atoms with Crippen molar-refractivity contribution in [3.05, 3.63) is 24.7 Å². The maximum Gasteiger partial charge on any atom is 0.211 e. The van der Waals surface area contributed by atoms with Crippen LogP contribution in [0.4, 0.5) is 0 Å². The van der Waals surface area contributed by atoms with Gasteiger partial charge < -0.3 is 9.47 Å². The number of methoxy groups -OCH3 is 1. The molecule has 0 spiro atoms. The Bertz CT molecular complexity index is 833. The van der Waals surface area contributed by atoms with Gasteiger partial charge in [-0.3, -0.25) is 0 Å². The van der Waals surface area contributed by atoms with Gasteiger partial charge in [0.05, 0.1) is 24.5 Å². The van der Waals surface area contributed by atoms with Crippen molar-refractivity contribution < 1.29 is 17.9 Å². The van der Waals surface area contributed by atoms with E-state index in [1.54, 1.807) is 20.2 Å². The lowest BCUT2D eigenvalue weighted by Gasteiger charge is -2.29. The molecule has 1 N–H and O–H groups in total. The summed E-state index contributed by atoms with van der Waals surface area (Å²) in [4.78, 5) is 8.25. The molecule has 0 unspecified atom stereocenters. The number of ether oxygens (including phenoxy) is 2. The summed E-state index contributed by atoms with van der Waals surface area (Å²) in [7, 11) is -1.55. The van der Waals surface area contributed by atoms with Crippen LogP contribution in [0.3, 0.4) is 0 Å². The van der Waals surface area contributed by atoms with E-state index in [9.17, 15) is 8.42 Å². The molecule has 1 aliphatic rings. The summed E-state index contributed by atoms with van der Waals surface area (Å²) in [6.07, 6.45) is 6.41. The molecule has 8 heteroatoms. The lowest BCUT2D eigenvalue weighted by molar-refractivity contribution is 0.140. The van der Waals surface area contributed by atoms with Crippen LogP contribution < -0.4 is 14.2 Å². The highest BCUT2D eigenvalue weighted by Crippen LogP contribution is 2.34. The Kier molecular flexibility index (Phi) is 5.39. The Labute approximate surface area is 147 Å². The van der Waals surface area contributed by atoms with Crippen molar-refractivity contribution in [2.24, 2.45) is 0 Å². The number of aromatic nitrogens is 2. The molecule has 2 aromatic rings. The topological polar surface area (TPSA) is 90.4 Å². The van der Waals surface area contributed by atoms with E-state index >= 15 is 0 Å². The molecular formula is C17H23N3O4S.